The second-order valence-electron chi connectivity index (χ2n) is 6.83. The first-order chi connectivity index (χ1) is 8.11. The zero-order valence-electron chi connectivity index (χ0n) is 12.0. The Morgan fingerprint density at radius 1 is 1.29 bits per heavy atom. The lowest BCUT2D eigenvalue weighted by Crippen LogP contribution is -2.53. The average molecular weight is 238 g/mol. The molecule has 0 aromatic carbocycles. The van der Waals surface area contributed by atoms with Gasteiger partial charge in [-0.15, -0.1) is 0 Å². The van der Waals surface area contributed by atoms with Crippen LogP contribution in [-0.4, -0.2) is 37.1 Å². The minimum atomic E-state index is 0.653. The van der Waals surface area contributed by atoms with Crippen molar-refractivity contribution in [3.05, 3.63) is 0 Å². The van der Waals surface area contributed by atoms with E-state index in [1.54, 1.807) is 0 Å². The van der Waals surface area contributed by atoms with Gasteiger partial charge in [0.15, 0.2) is 0 Å². The van der Waals surface area contributed by atoms with Gasteiger partial charge in [0.25, 0.3) is 0 Å². The number of rotatable bonds is 4. The molecule has 100 valence electrons. The van der Waals surface area contributed by atoms with Gasteiger partial charge in [0.1, 0.15) is 0 Å². The molecule has 0 radical (unpaired) electrons. The maximum atomic E-state index is 3.50. The van der Waals surface area contributed by atoms with Crippen LogP contribution in [0.1, 0.15) is 52.9 Å². The average Bonchev–Trinajstić information content (AvgIpc) is 2.69. The number of nitrogens with one attached hydrogen (secondary N) is 1. The molecular weight excluding hydrogens is 208 g/mol. The molecule has 2 aliphatic rings. The molecule has 17 heavy (non-hydrogen) atoms. The second kappa shape index (κ2) is 5.71. The predicted octanol–water partition coefficient (Wildman–Crippen LogP) is 2.89. The van der Waals surface area contributed by atoms with Gasteiger partial charge in [-0.3, -0.25) is 4.90 Å². The van der Waals surface area contributed by atoms with E-state index in [2.05, 4.69) is 31.0 Å². The van der Waals surface area contributed by atoms with Crippen LogP contribution in [0, 0.1) is 11.3 Å². The first kappa shape index (κ1) is 13.4. The summed E-state index contributed by atoms with van der Waals surface area (Å²) in [6.07, 6.45) is 7.31. The molecule has 1 atom stereocenters. The van der Waals surface area contributed by atoms with Crippen molar-refractivity contribution in [2.24, 2.45) is 11.3 Å². The Morgan fingerprint density at radius 2 is 2.00 bits per heavy atom. The molecule has 1 unspecified atom stereocenters. The van der Waals surface area contributed by atoms with Crippen molar-refractivity contribution >= 4 is 0 Å². The maximum Gasteiger partial charge on any atom is 0.0193 e. The highest BCUT2D eigenvalue weighted by molar-refractivity contribution is 4.90. The van der Waals surface area contributed by atoms with Crippen molar-refractivity contribution in [3.63, 3.8) is 0 Å². The van der Waals surface area contributed by atoms with Gasteiger partial charge in [0.2, 0.25) is 0 Å². The highest BCUT2D eigenvalue weighted by atomic mass is 15.2. The maximum absolute atomic E-state index is 3.50. The molecule has 1 heterocycles. The lowest BCUT2D eigenvalue weighted by atomic mass is 9.77. The molecule has 2 fully saturated rings. The van der Waals surface area contributed by atoms with Gasteiger partial charge in [-0.05, 0) is 37.5 Å². The number of piperazine rings is 1. The minimum absolute atomic E-state index is 0.653. The third-order valence-electron chi connectivity index (χ3n) is 4.68. The van der Waals surface area contributed by atoms with Gasteiger partial charge >= 0.3 is 0 Å². The molecule has 2 rings (SSSR count). The van der Waals surface area contributed by atoms with E-state index in [-0.39, 0.29) is 0 Å². The van der Waals surface area contributed by atoms with Crippen molar-refractivity contribution in [1.82, 2.24) is 10.2 Å². The lowest BCUT2D eigenvalue weighted by Gasteiger charge is -2.42. The van der Waals surface area contributed by atoms with Gasteiger partial charge in [-0.25, -0.2) is 0 Å². The number of hydrogen-bond donors (Lipinski definition) is 1. The molecule has 2 heteroatoms. The Kier molecular flexibility index (Phi) is 4.48. The van der Waals surface area contributed by atoms with Crippen LogP contribution in [0.15, 0.2) is 0 Å². The third kappa shape index (κ3) is 3.45. The van der Waals surface area contributed by atoms with Crippen LogP contribution >= 0.6 is 0 Å². The van der Waals surface area contributed by atoms with Crippen LogP contribution in [0.4, 0.5) is 0 Å². The third-order valence-corrected chi connectivity index (χ3v) is 4.68. The summed E-state index contributed by atoms with van der Waals surface area (Å²) in [5.74, 6) is 0.853. The van der Waals surface area contributed by atoms with Gasteiger partial charge < -0.3 is 5.32 Å². The summed E-state index contributed by atoms with van der Waals surface area (Å²) >= 11 is 0. The fraction of sp³-hybridized carbons (Fsp3) is 1.00. The summed E-state index contributed by atoms with van der Waals surface area (Å²) in [7, 11) is 0. The summed E-state index contributed by atoms with van der Waals surface area (Å²) in [6, 6.07) is 0.730. The van der Waals surface area contributed by atoms with Crippen LogP contribution in [0.3, 0.4) is 0 Å². The zero-order valence-corrected chi connectivity index (χ0v) is 12.0. The van der Waals surface area contributed by atoms with Crippen molar-refractivity contribution in [2.75, 3.05) is 26.2 Å². The first-order valence-electron chi connectivity index (χ1n) is 7.56. The SMILES string of the molecule is CC(C)CC1(CN2CCNCC2C)CCCC1. The van der Waals surface area contributed by atoms with E-state index in [1.165, 1.54) is 58.3 Å². The Morgan fingerprint density at radius 3 is 2.59 bits per heavy atom. The van der Waals surface area contributed by atoms with E-state index in [4.69, 9.17) is 0 Å². The molecule has 1 aliphatic carbocycles. The Balaban J connectivity index is 1.96. The molecule has 0 spiro atoms. The fourth-order valence-corrected chi connectivity index (χ4v) is 3.97. The molecule has 0 amide bonds. The zero-order chi connectivity index (χ0) is 12.3. The molecule has 2 nitrogen and oxygen atoms in total. The Hall–Kier alpha value is -0.0800. The highest BCUT2D eigenvalue weighted by Crippen LogP contribution is 2.44. The molecule has 1 saturated heterocycles. The molecule has 1 aliphatic heterocycles. The van der Waals surface area contributed by atoms with Crippen molar-refractivity contribution in [2.45, 2.75) is 58.9 Å². The van der Waals surface area contributed by atoms with Crippen molar-refractivity contribution < 1.29 is 0 Å². The van der Waals surface area contributed by atoms with Gasteiger partial charge in [0.05, 0.1) is 0 Å². The van der Waals surface area contributed by atoms with Gasteiger partial charge in [0, 0.05) is 32.2 Å². The van der Waals surface area contributed by atoms with Gasteiger partial charge in [-0.2, -0.15) is 0 Å². The van der Waals surface area contributed by atoms with E-state index < -0.39 is 0 Å². The van der Waals surface area contributed by atoms with Crippen LogP contribution in [0.5, 0.6) is 0 Å². The van der Waals surface area contributed by atoms with E-state index in [9.17, 15) is 0 Å². The van der Waals surface area contributed by atoms with E-state index >= 15 is 0 Å². The number of nitrogens with zero attached hydrogens (tertiary/aromatic N) is 1. The molecule has 0 aromatic heterocycles. The second-order valence-corrected chi connectivity index (χ2v) is 6.83. The summed E-state index contributed by atoms with van der Waals surface area (Å²) < 4.78 is 0. The minimum Gasteiger partial charge on any atom is -0.314 e. The molecule has 0 aromatic rings. The Labute approximate surface area is 107 Å². The normalized spacial score (nSPS) is 30.0. The van der Waals surface area contributed by atoms with E-state index in [0.29, 0.717) is 5.41 Å². The van der Waals surface area contributed by atoms with Crippen molar-refractivity contribution in [1.29, 1.82) is 0 Å². The summed E-state index contributed by atoms with van der Waals surface area (Å²) in [5, 5.41) is 3.50. The van der Waals surface area contributed by atoms with Gasteiger partial charge in [-0.1, -0.05) is 26.7 Å². The smallest absolute Gasteiger partial charge is 0.0193 e. The molecular formula is C15H30N2. The fourth-order valence-electron chi connectivity index (χ4n) is 3.97. The molecule has 1 N–H and O–H groups in total. The quantitative estimate of drug-likeness (QED) is 0.810. The predicted molar refractivity (Wildman–Crippen MR) is 74.3 cm³/mol. The van der Waals surface area contributed by atoms with Crippen LogP contribution < -0.4 is 5.32 Å². The standard InChI is InChI=1S/C15H30N2/c1-13(2)10-15(6-4-5-7-15)12-17-9-8-16-11-14(17)3/h13-14,16H,4-12H2,1-3H3. The van der Waals surface area contributed by atoms with Crippen LogP contribution in [-0.2, 0) is 0 Å². The highest BCUT2D eigenvalue weighted by Gasteiger charge is 2.37. The molecule has 0 bridgehead atoms. The summed E-state index contributed by atoms with van der Waals surface area (Å²) in [4.78, 5) is 2.74. The van der Waals surface area contributed by atoms with E-state index in [0.717, 1.165) is 12.0 Å². The summed E-state index contributed by atoms with van der Waals surface area (Å²) in [5.41, 5.74) is 0.653. The lowest BCUT2D eigenvalue weighted by molar-refractivity contribution is 0.0839. The largest absolute Gasteiger partial charge is 0.314 e. The first-order valence-corrected chi connectivity index (χ1v) is 7.56. The Bertz CT molecular complexity index is 231. The van der Waals surface area contributed by atoms with Crippen LogP contribution in [0.2, 0.25) is 0 Å². The van der Waals surface area contributed by atoms with Crippen molar-refractivity contribution in [3.8, 4) is 0 Å². The van der Waals surface area contributed by atoms with E-state index in [1.807, 2.05) is 0 Å². The molecule has 1 saturated carbocycles. The summed E-state index contributed by atoms with van der Waals surface area (Å²) in [6.45, 7) is 12.1. The number of hydrogen-bond acceptors (Lipinski definition) is 2. The topological polar surface area (TPSA) is 15.3 Å². The van der Waals surface area contributed by atoms with Crippen LogP contribution in [0.25, 0.3) is 0 Å². The monoisotopic (exact) mass is 238 g/mol.